The number of rotatable bonds is 8. The second kappa shape index (κ2) is 13.1. The molecule has 0 radical (unpaired) electrons. The van der Waals surface area contributed by atoms with Gasteiger partial charge in [-0.2, -0.15) is 5.26 Å². The van der Waals surface area contributed by atoms with Gasteiger partial charge in [-0.15, -0.1) is 0 Å². The molecule has 13 heteroatoms. The minimum atomic E-state index is -1.31. The smallest absolute Gasteiger partial charge is 0.303 e. The summed E-state index contributed by atoms with van der Waals surface area (Å²) in [6.07, 6.45) is 0.679. The van der Waals surface area contributed by atoms with Crippen molar-refractivity contribution in [3.8, 4) is 17.2 Å². The van der Waals surface area contributed by atoms with Crippen molar-refractivity contribution in [2.45, 2.75) is 81.8 Å². The van der Waals surface area contributed by atoms with Gasteiger partial charge >= 0.3 is 23.9 Å². The summed E-state index contributed by atoms with van der Waals surface area (Å²) in [4.78, 5) is 56.9. The number of carbonyl (C=O) groups excluding carboxylic acids is 4. The van der Waals surface area contributed by atoms with Crippen LogP contribution in [0.25, 0.3) is 11.1 Å². The first-order valence-electron chi connectivity index (χ1n) is 12.9. The number of aryl methyl sites for hydroxylation is 1. The van der Waals surface area contributed by atoms with Gasteiger partial charge in [-0.3, -0.25) is 24.2 Å². The molecule has 41 heavy (non-hydrogen) atoms. The van der Waals surface area contributed by atoms with E-state index in [9.17, 15) is 24.4 Å². The van der Waals surface area contributed by atoms with Crippen molar-refractivity contribution < 1.29 is 42.9 Å². The van der Waals surface area contributed by atoms with E-state index in [4.69, 9.17) is 28.7 Å². The molecule has 1 fully saturated rings. The summed E-state index contributed by atoms with van der Waals surface area (Å²) in [5.74, 6) is -2.76. The SMILES string of the molecule is CC(=O)OC[C@H]1O[C@@H](Sc2nc3c(c(-c4ccncc4)c2C#N)CCC3)[C@H](OC(C)=O)[C@@H](OC(C)=O)[C@H]1OC(C)=O. The Labute approximate surface area is 240 Å². The van der Waals surface area contributed by atoms with Gasteiger partial charge < -0.3 is 23.7 Å². The zero-order chi connectivity index (χ0) is 29.7. The number of fused-ring (bicyclic) bond motifs is 1. The Kier molecular flexibility index (Phi) is 9.57. The van der Waals surface area contributed by atoms with Crippen LogP contribution in [0.15, 0.2) is 29.6 Å². The highest BCUT2D eigenvalue weighted by Gasteiger charge is 2.53. The van der Waals surface area contributed by atoms with Crippen LogP contribution in [-0.2, 0) is 55.7 Å². The standard InChI is InChI=1S/C28H29N3O9S/c1-14(32)36-13-22-24(37-15(2)33)25(38-16(3)34)26(39-17(4)35)28(40-22)41-27-20(12-29)23(18-8-10-30-11-9-18)19-6-5-7-21(19)31-27/h8-11,22,24-26,28H,5-7,13H2,1-4H3/t22-,24+,25+,26-,28+/m1/s1. The molecule has 0 amide bonds. The molecule has 0 spiro atoms. The highest BCUT2D eigenvalue weighted by atomic mass is 32.2. The van der Waals surface area contributed by atoms with Crippen molar-refractivity contribution in [2.75, 3.05) is 6.61 Å². The molecule has 1 aliphatic heterocycles. The zero-order valence-electron chi connectivity index (χ0n) is 22.9. The molecule has 2 aromatic rings. The number of carbonyl (C=O) groups is 4. The molecule has 3 heterocycles. The van der Waals surface area contributed by atoms with Crippen LogP contribution in [-0.4, -0.2) is 70.3 Å². The summed E-state index contributed by atoms with van der Waals surface area (Å²) in [5, 5.41) is 10.6. The Morgan fingerprint density at radius 2 is 1.59 bits per heavy atom. The molecule has 4 rings (SSSR count). The maximum Gasteiger partial charge on any atom is 0.303 e. The lowest BCUT2D eigenvalue weighted by Gasteiger charge is -2.44. The van der Waals surface area contributed by atoms with E-state index in [-0.39, 0.29) is 6.61 Å². The van der Waals surface area contributed by atoms with Crippen molar-refractivity contribution in [1.29, 1.82) is 5.26 Å². The Morgan fingerprint density at radius 3 is 2.20 bits per heavy atom. The van der Waals surface area contributed by atoms with Gasteiger partial charge in [-0.1, -0.05) is 11.8 Å². The summed E-state index contributed by atoms with van der Waals surface area (Å²) in [6.45, 7) is 4.35. The first-order valence-corrected chi connectivity index (χ1v) is 13.8. The van der Waals surface area contributed by atoms with Gasteiger partial charge in [-0.25, -0.2) is 4.98 Å². The fourth-order valence-corrected chi connectivity index (χ4v) is 6.17. The van der Waals surface area contributed by atoms with Crippen molar-refractivity contribution in [2.24, 2.45) is 0 Å². The van der Waals surface area contributed by atoms with Gasteiger partial charge in [0, 0.05) is 51.3 Å². The number of hydrogen-bond acceptors (Lipinski definition) is 13. The minimum absolute atomic E-state index is 0.301. The van der Waals surface area contributed by atoms with E-state index in [1.807, 2.05) is 12.1 Å². The lowest BCUT2D eigenvalue weighted by atomic mass is 9.96. The summed E-state index contributed by atoms with van der Waals surface area (Å²) in [5.41, 5.74) is 2.57. The summed E-state index contributed by atoms with van der Waals surface area (Å²) in [6, 6.07) is 5.91. The molecule has 0 unspecified atom stereocenters. The molecule has 2 aliphatic rings. The lowest BCUT2D eigenvalue weighted by molar-refractivity contribution is -0.237. The van der Waals surface area contributed by atoms with Gasteiger partial charge in [0.2, 0.25) is 0 Å². The van der Waals surface area contributed by atoms with E-state index in [2.05, 4.69) is 11.1 Å². The lowest BCUT2D eigenvalue weighted by Crippen LogP contribution is -2.61. The van der Waals surface area contributed by atoms with Gasteiger partial charge in [0.25, 0.3) is 0 Å². The molecule has 5 atom stereocenters. The summed E-state index contributed by atoms with van der Waals surface area (Å²) < 4.78 is 27.9. The van der Waals surface area contributed by atoms with Crippen LogP contribution in [0.2, 0.25) is 0 Å². The molecule has 2 aromatic heterocycles. The molecule has 0 N–H and O–H groups in total. The van der Waals surface area contributed by atoms with Crippen LogP contribution in [0, 0.1) is 11.3 Å². The fourth-order valence-electron chi connectivity index (χ4n) is 4.98. The first kappa shape index (κ1) is 30.0. The molecule has 216 valence electrons. The zero-order valence-corrected chi connectivity index (χ0v) is 23.8. The summed E-state index contributed by atoms with van der Waals surface area (Å²) in [7, 11) is 0. The third-order valence-corrected chi connectivity index (χ3v) is 7.58. The topological polar surface area (TPSA) is 164 Å². The van der Waals surface area contributed by atoms with E-state index >= 15 is 0 Å². The maximum absolute atomic E-state index is 12.2. The Bertz CT molecular complexity index is 1380. The van der Waals surface area contributed by atoms with E-state index < -0.39 is 53.7 Å². The molecule has 0 saturated carbocycles. The largest absolute Gasteiger partial charge is 0.463 e. The number of esters is 4. The predicted octanol–water partition coefficient (Wildman–Crippen LogP) is 2.68. The van der Waals surface area contributed by atoms with Crippen molar-refractivity contribution in [1.82, 2.24) is 9.97 Å². The van der Waals surface area contributed by atoms with Crippen LogP contribution >= 0.6 is 11.8 Å². The Hall–Kier alpha value is -4.02. The van der Waals surface area contributed by atoms with E-state index in [1.165, 1.54) is 13.8 Å². The normalized spacial score (nSPS) is 23.0. The van der Waals surface area contributed by atoms with Crippen LogP contribution in [0.1, 0.15) is 50.9 Å². The highest BCUT2D eigenvalue weighted by molar-refractivity contribution is 7.99. The first-order chi connectivity index (χ1) is 19.6. The molecule has 12 nitrogen and oxygen atoms in total. The number of aromatic nitrogens is 2. The van der Waals surface area contributed by atoms with Crippen molar-refractivity contribution in [3.63, 3.8) is 0 Å². The average molecular weight is 584 g/mol. The molecule has 0 aromatic carbocycles. The van der Waals surface area contributed by atoms with Gasteiger partial charge in [0.15, 0.2) is 23.7 Å². The minimum Gasteiger partial charge on any atom is -0.463 e. The number of thioether (sulfide) groups is 1. The number of pyridine rings is 2. The maximum atomic E-state index is 12.2. The number of nitrogens with zero attached hydrogens (tertiary/aromatic N) is 3. The van der Waals surface area contributed by atoms with E-state index in [1.54, 1.807) is 12.4 Å². The van der Waals surface area contributed by atoms with E-state index in [0.29, 0.717) is 17.0 Å². The Balaban J connectivity index is 1.82. The predicted molar refractivity (Wildman–Crippen MR) is 142 cm³/mol. The molecular weight excluding hydrogens is 554 g/mol. The molecular formula is C28H29N3O9S. The quantitative estimate of drug-likeness (QED) is 0.329. The van der Waals surface area contributed by atoms with Gasteiger partial charge in [0.1, 0.15) is 23.8 Å². The van der Waals surface area contributed by atoms with Gasteiger partial charge in [-0.05, 0) is 42.5 Å². The molecule has 1 saturated heterocycles. The second-order valence-corrected chi connectivity index (χ2v) is 10.6. The third-order valence-electron chi connectivity index (χ3n) is 6.45. The number of ether oxygens (including phenoxy) is 5. The molecule has 0 bridgehead atoms. The fraction of sp³-hybridized carbons (Fsp3) is 0.464. The van der Waals surface area contributed by atoms with E-state index in [0.717, 1.165) is 60.8 Å². The van der Waals surface area contributed by atoms with Crippen molar-refractivity contribution >= 4 is 35.6 Å². The molecule has 1 aliphatic carbocycles. The van der Waals surface area contributed by atoms with Crippen LogP contribution in [0.5, 0.6) is 0 Å². The highest BCUT2D eigenvalue weighted by Crippen LogP contribution is 2.42. The van der Waals surface area contributed by atoms with Crippen LogP contribution < -0.4 is 0 Å². The third kappa shape index (κ3) is 7.01. The van der Waals surface area contributed by atoms with Gasteiger partial charge in [0.05, 0.1) is 5.56 Å². The Morgan fingerprint density at radius 1 is 0.951 bits per heavy atom. The summed E-state index contributed by atoms with van der Waals surface area (Å²) >= 11 is 1.01. The van der Waals surface area contributed by atoms with Crippen molar-refractivity contribution in [3.05, 3.63) is 41.3 Å². The number of hydrogen-bond donors (Lipinski definition) is 0. The monoisotopic (exact) mass is 583 g/mol. The second-order valence-electron chi connectivity index (χ2n) is 9.48. The average Bonchev–Trinajstić information content (AvgIpc) is 3.38. The number of nitriles is 1. The van der Waals surface area contributed by atoms with Crippen LogP contribution in [0.3, 0.4) is 0 Å². The van der Waals surface area contributed by atoms with Crippen LogP contribution in [0.4, 0.5) is 0 Å².